The van der Waals surface area contributed by atoms with E-state index < -0.39 is 0 Å². The highest BCUT2D eigenvalue weighted by atomic mass is 16.3. The van der Waals surface area contributed by atoms with Crippen LogP contribution in [0.4, 0.5) is 0 Å². The normalized spacial score (nSPS) is 15.8. The summed E-state index contributed by atoms with van der Waals surface area (Å²) in [4.78, 5) is 5.86. The number of nitrogens with two attached hydrogens (primary N) is 2. The molecule has 0 aromatic rings. The summed E-state index contributed by atoms with van der Waals surface area (Å²) in [5.41, 5.74) is 9.81. The van der Waals surface area contributed by atoms with Gasteiger partial charge in [0.2, 0.25) is 0 Å². The molecule has 0 amide bonds. The lowest BCUT2D eigenvalue weighted by Gasteiger charge is -2.20. The fourth-order valence-electron chi connectivity index (χ4n) is 1.05. The first-order chi connectivity index (χ1) is 7.26. The zero-order valence-electron chi connectivity index (χ0n) is 9.18. The molecule has 1 aliphatic heterocycles. The van der Waals surface area contributed by atoms with Gasteiger partial charge >= 0.3 is 0 Å². The van der Waals surface area contributed by atoms with Gasteiger partial charge in [0.15, 0.2) is 0 Å². The molecule has 0 bridgehead atoms. The van der Waals surface area contributed by atoms with Crippen molar-refractivity contribution in [2.45, 2.75) is 19.1 Å². The summed E-state index contributed by atoms with van der Waals surface area (Å²) in [5, 5.41) is 9.47. The summed E-state index contributed by atoms with van der Waals surface area (Å²) in [6.45, 7) is 6.45. The van der Waals surface area contributed by atoms with Crippen LogP contribution in [0.25, 0.3) is 0 Å². The monoisotopic (exact) mass is 214 g/mol. The molecule has 0 radical (unpaired) electrons. The highest BCUT2D eigenvalue weighted by Crippen LogP contribution is 2.05. The van der Waals surface area contributed by atoms with Crippen LogP contribution in [0.2, 0.25) is 0 Å². The zero-order valence-corrected chi connectivity index (χ0v) is 9.18. The molecule has 5 N–H and O–H groups in total. The van der Waals surface area contributed by atoms with Crippen molar-refractivity contribution >= 4 is 6.34 Å². The van der Waals surface area contributed by atoms with Crippen LogP contribution in [0, 0.1) is 0 Å². The predicted molar refractivity (Wildman–Crippen MR) is 63.6 cm³/mol. The molecule has 0 fully saturated rings. The number of allylic oxidation sites excluding steroid dienone is 1. The Kier molecular flexibility index (Phi) is 9.05. The minimum atomic E-state index is -0.376. The van der Waals surface area contributed by atoms with E-state index in [0.29, 0.717) is 13.1 Å². The van der Waals surface area contributed by atoms with Crippen molar-refractivity contribution in [2.75, 3.05) is 26.2 Å². The van der Waals surface area contributed by atoms with E-state index in [1.54, 1.807) is 6.34 Å². The van der Waals surface area contributed by atoms with Crippen molar-refractivity contribution in [1.82, 2.24) is 4.90 Å². The number of aliphatic hydroxyl groups is 1. The highest BCUT2D eigenvalue weighted by molar-refractivity contribution is 5.57. The maximum absolute atomic E-state index is 9.47. The van der Waals surface area contributed by atoms with E-state index in [9.17, 15) is 5.11 Å². The van der Waals surface area contributed by atoms with Crippen LogP contribution in [0.15, 0.2) is 17.6 Å². The molecule has 0 spiro atoms. The molecular weight excluding hydrogens is 192 g/mol. The van der Waals surface area contributed by atoms with Gasteiger partial charge in [-0.15, -0.1) is 6.58 Å². The third kappa shape index (κ3) is 7.07. The minimum absolute atomic E-state index is 0.376. The molecule has 0 saturated carbocycles. The summed E-state index contributed by atoms with van der Waals surface area (Å²) < 4.78 is 0. The maximum Gasteiger partial charge on any atom is 0.127 e. The Morgan fingerprint density at radius 1 is 1.53 bits per heavy atom. The van der Waals surface area contributed by atoms with Gasteiger partial charge in [0.1, 0.15) is 6.23 Å². The second kappa shape index (κ2) is 9.64. The molecule has 1 heterocycles. The fourth-order valence-corrected chi connectivity index (χ4v) is 1.05. The second-order valence-electron chi connectivity index (χ2n) is 3.18. The lowest BCUT2D eigenvalue weighted by Crippen LogP contribution is -2.32. The molecule has 15 heavy (non-hydrogen) atoms. The second-order valence-corrected chi connectivity index (χ2v) is 3.18. The summed E-state index contributed by atoms with van der Waals surface area (Å²) in [5.74, 6) is 0. The Labute approximate surface area is 91.5 Å². The van der Waals surface area contributed by atoms with Gasteiger partial charge in [0.05, 0.1) is 12.9 Å². The summed E-state index contributed by atoms with van der Waals surface area (Å²) in [6, 6.07) is 0. The van der Waals surface area contributed by atoms with E-state index in [2.05, 4.69) is 11.6 Å². The third-order valence-electron chi connectivity index (χ3n) is 1.90. The lowest BCUT2D eigenvalue weighted by molar-refractivity contribution is 0.0567. The standard InChI is InChI=1S/C8H14N2O.C2H8N2/c1-2-3-4-8(11)10-6-5-9-7-10;3-1-2-4/h2,7-8,11H,1,3-6H2;1-4H2. The van der Waals surface area contributed by atoms with E-state index in [1.807, 2.05) is 11.0 Å². The van der Waals surface area contributed by atoms with Crippen LogP contribution in [0.1, 0.15) is 12.8 Å². The number of rotatable bonds is 5. The Balaban J connectivity index is 0.000000423. The summed E-state index contributed by atoms with van der Waals surface area (Å²) in [7, 11) is 0. The molecule has 0 saturated heterocycles. The zero-order chi connectivity index (χ0) is 11.5. The van der Waals surface area contributed by atoms with Crippen LogP contribution in [-0.4, -0.2) is 48.8 Å². The molecule has 88 valence electrons. The van der Waals surface area contributed by atoms with E-state index in [4.69, 9.17) is 11.5 Å². The molecule has 1 unspecified atom stereocenters. The van der Waals surface area contributed by atoms with Gasteiger partial charge in [-0.05, 0) is 12.8 Å². The molecule has 0 aromatic carbocycles. The molecule has 1 atom stereocenters. The van der Waals surface area contributed by atoms with E-state index in [0.717, 1.165) is 25.9 Å². The van der Waals surface area contributed by atoms with Gasteiger partial charge in [-0.2, -0.15) is 0 Å². The van der Waals surface area contributed by atoms with Crippen LogP contribution < -0.4 is 11.5 Å². The molecular formula is C10H22N4O. The van der Waals surface area contributed by atoms with Gasteiger partial charge in [-0.25, -0.2) is 0 Å². The minimum Gasteiger partial charge on any atom is -0.374 e. The van der Waals surface area contributed by atoms with Gasteiger partial charge in [0.25, 0.3) is 0 Å². The Bertz CT molecular complexity index is 182. The summed E-state index contributed by atoms with van der Waals surface area (Å²) >= 11 is 0. The SMILES string of the molecule is C=CCCC(O)N1C=NCC1.NCCN. The first kappa shape index (κ1) is 14.1. The third-order valence-corrected chi connectivity index (χ3v) is 1.90. The number of aliphatic imine (C=N–C) groups is 1. The Morgan fingerprint density at radius 2 is 2.20 bits per heavy atom. The quantitative estimate of drug-likeness (QED) is 0.539. The number of hydrogen-bond donors (Lipinski definition) is 3. The number of aliphatic hydroxyl groups excluding tert-OH is 1. The number of nitrogens with zero attached hydrogens (tertiary/aromatic N) is 2. The average Bonchev–Trinajstić information content (AvgIpc) is 2.79. The molecule has 0 aliphatic carbocycles. The van der Waals surface area contributed by atoms with Crippen LogP contribution in [0.5, 0.6) is 0 Å². The van der Waals surface area contributed by atoms with Crippen molar-refractivity contribution in [3.8, 4) is 0 Å². The first-order valence-corrected chi connectivity index (χ1v) is 5.21. The van der Waals surface area contributed by atoms with Gasteiger partial charge in [-0.3, -0.25) is 4.99 Å². The number of hydrogen-bond acceptors (Lipinski definition) is 5. The Hall–Kier alpha value is -0.910. The smallest absolute Gasteiger partial charge is 0.127 e. The van der Waals surface area contributed by atoms with E-state index >= 15 is 0 Å². The van der Waals surface area contributed by atoms with Crippen molar-refractivity contribution in [1.29, 1.82) is 0 Å². The van der Waals surface area contributed by atoms with Crippen LogP contribution in [-0.2, 0) is 0 Å². The maximum atomic E-state index is 9.47. The fraction of sp³-hybridized carbons (Fsp3) is 0.700. The van der Waals surface area contributed by atoms with Gasteiger partial charge in [-0.1, -0.05) is 6.08 Å². The van der Waals surface area contributed by atoms with Crippen molar-refractivity contribution in [3.63, 3.8) is 0 Å². The van der Waals surface area contributed by atoms with E-state index in [-0.39, 0.29) is 6.23 Å². The Morgan fingerprint density at radius 3 is 2.60 bits per heavy atom. The largest absolute Gasteiger partial charge is 0.374 e. The molecule has 5 heteroatoms. The van der Waals surface area contributed by atoms with Crippen LogP contribution >= 0.6 is 0 Å². The predicted octanol–water partition coefficient (Wildman–Crippen LogP) is -0.481. The first-order valence-electron chi connectivity index (χ1n) is 5.21. The van der Waals surface area contributed by atoms with Crippen molar-refractivity contribution in [2.24, 2.45) is 16.5 Å². The van der Waals surface area contributed by atoms with Crippen molar-refractivity contribution < 1.29 is 5.11 Å². The molecule has 1 rings (SSSR count). The van der Waals surface area contributed by atoms with Crippen molar-refractivity contribution in [3.05, 3.63) is 12.7 Å². The molecule has 5 nitrogen and oxygen atoms in total. The van der Waals surface area contributed by atoms with Crippen LogP contribution in [0.3, 0.4) is 0 Å². The lowest BCUT2D eigenvalue weighted by atomic mass is 10.2. The molecule has 0 aromatic heterocycles. The van der Waals surface area contributed by atoms with Gasteiger partial charge in [0, 0.05) is 19.6 Å². The topological polar surface area (TPSA) is 87.9 Å². The van der Waals surface area contributed by atoms with E-state index in [1.165, 1.54) is 0 Å². The summed E-state index contributed by atoms with van der Waals surface area (Å²) in [6.07, 6.45) is 4.75. The van der Waals surface area contributed by atoms with Gasteiger partial charge < -0.3 is 21.5 Å². The average molecular weight is 214 g/mol. The molecule has 1 aliphatic rings. The highest BCUT2D eigenvalue weighted by Gasteiger charge is 2.13.